The molecule has 19 heavy (non-hydrogen) atoms. The molecule has 1 aromatic heterocycles. The van der Waals surface area contributed by atoms with Crippen molar-refractivity contribution in [2.75, 3.05) is 24.3 Å². The normalized spacial score (nSPS) is 10.8. The van der Waals surface area contributed by atoms with E-state index in [1.54, 1.807) is 6.20 Å². The van der Waals surface area contributed by atoms with Gasteiger partial charge >= 0.3 is 0 Å². The summed E-state index contributed by atoms with van der Waals surface area (Å²) in [5.74, 6) is 1.10. The van der Waals surface area contributed by atoms with Crippen LogP contribution in [0.2, 0.25) is 0 Å². The zero-order valence-electron chi connectivity index (χ0n) is 11.0. The van der Waals surface area contributed by atoms with Gasteiger partial charge in [-0.15, -0.1) is 0 Å². The molecule has 1 amide bonds. The topological polar surface area (TPSA) is 70.9 Å². The molecule has 102 valence electrons. The first-order valence-electron chi connectivity index (χ1n) is 6.36. The number of amides is 1. The summed E-state index contributed by atoms with van der Waals surface area (Å²) < 4.78 is 0. The lowest BCUT2D eigenvalue weighted by atomic mass is 10.1. The molecule has 0 saturated heterocycles. The van der Waals surface area contributed by atoms with Crippen LogP contribution >= 0.6 is 11.8 Å². The number of unbranched alkanes of at least 4 members (excludes halogenated alkanes) is 1. The number of nitrogen functional groups attached to an aromatic ring is 1. The Balaban J connectivity index is 1.99. The smallest absolute Gasteiger partial charge is 0.253 e. The fraction of sp³-hybridized carbons (Fsp3) is 0.357. The molecule has 4 nitrogen and oxygen atoms in total. The highest BCUT2D eigenvalue weighted by atomic mass is 32.2. The van der Waals surface area contributed by atoms with Crippen molar-refractivity contribution in [3.05, 3.63) is 30.0 Å². The van der Waals surface area contributed by atoms with Crippen LogP contribution in [0.4, 0.5) is 5.69 Å². The maximum absolute atomic E-state index is 12.1. The average Bonchev–Trinajstić information content (AvgIpc) is 2.81. The summed E-state index contributed by atoms with van der Waals surface area (Å²) >= 11 is 1.83. The van der Waals surface area contributed by atoms with E-state index in [9.17, 15) is 4.79 Å². The lowest BCUT2D eigenvalue weighted by molar-refractivity contribution is 0.0955. The molecule has 0 aliphatic rings. The molecule has 0 spiro atoms. The van der Waals surface area contributed by atoms with Crippen LogP contribution in [0.5, 0.6) is 0 Å². The third-order valence-electron chi connectivity index (χ3n) is 3.01. The maximum atomic E-state index is 12.1. The van der Waals surface area contributed by atoms with Crippen LogP contribution in [0.25, 0.3) is 10.9 Å². The molecule has 0 radical (unpaired) electrons. The number of anilines is 1. The molecule has 0 unspecified atom stereocenters. The number of H-pyrrole nitrogens is 1. The van der Waals surface area contributed by atoms with Crippen LogP contribution in [0.15, 0.2) is 24.4 Å². The van der Waals surface area contributed by atoms with E-state index in [2.05, 4.69) is 16.6 Å². The van der Waals surface area contributed by atoms with Gasteiger partial charge in [-0.05, 0) is 43.0 Å². The lowest BCUT2D eigenvalue weighted by Crippen LogP contribution is -2.24. The second-order valence-corrected chi connectivity index (χ2v) is 5.45. The lowest BCUT2D eigenvalue weighted by Gasteiger charge is -2.04. The standard InChI is InChI=1S/C14H19N3OS/c1-19-7-3-2-6-16-14(18)12-9-17-13-5-4-10(15)8-11(12)13/h4-5,8-9,17H,2-3,6-7,15H2,1H3,(H,16,18). The van der Waals surface area contributed by atoms with Crippen molar-refractivity contribution in [3.63, 3.8) is 0 Å². The summed E-state index contributed by atoms with van der Waals surface area (Å²) in [5.41, 5.74) is 8.02. The molecule has 1 aromatic carbocycles. The molecule has 5 heteroatoms. The average molecular weight is 277 g/mol. The quantitative estimate of drug-likeness (QED) is 0.561. The number of aromatic nitrogens is 1. The largest absolute Gasteiger partial charge is 0.399 e. The van der Waals surface area contributed by atoms with Crippen molar-refractivity contribution < 1.29 is 4.79 Å². The Bertz CT molecular complexity index is 565. The van der Waals surface area contributed by atoms with E-state index >= 15 is 0 Å². The van der Waals surface area contributed by atoms with Crippen LogP contribution in [-0.4, -0.2) is 29.4 Å². The molecule has 2 rings (SSSR count). The Morgan fingerprint density at radius 2 is 2.26 bits per heavy atom. The SMILES string of the molecule is CSCCCCNC(=O)c1c[nH]c2ccc(N)cc12. The molecule has 1 heterocycles. The van der Waals surface area contributed by atoms with Gasteiger partial charge in [0, 0.05) is 29.3 Å². The Kier molecular flexibility index (Phi) is 4.74. The van der Waals surface area contributed by atoms with E-state index in [-0.39, 0.29) is 5.91 Å². The second-order valence-electron chi connectivity index (χ2n) is 4.46. The minimum Gasteiger partial charge on any atom is -0.399 e. The first kappa shape index (κ1) is 13.8. The Morgan fingerprint density at radius 3 is 3.05 bits per heavy atom. The van der Waals surface area contributed by atoms with Gasteiger partial charge in [-0.3, -0.25) is 4.79 Å². The van der Waals surface area contributed by atoms with Gasteiger partial charge in [0.1, 0.15) is 0 Å². The summed E-state index contributed by atoms with van der Waals surface area (Å²) in [6.45, 7) is 0.717. The van der Waals surface area contributed by atoms with Crippen molar-refractivity contribution in [1.29, 1.82) is 0 Å². The fourth-order valence-electron chi connectivity index (χ4n) is 1.99. The van der Waals surface area contributed by atoms with Gasteiger partial charge in [0.25, 0.3) is 5.91 Å². The molecule has 0 atom stereocenters. The Labute approximate surface area is 117 Å². The van der Waals surface area contributed by atoms with E-state index in [4.69, 9.17) is 5.73 Å². The van der Waals surface area contributed by atoms with Crippen LogP contribution in [0, 0.1) is 0 Å². The number of hydrogen-bond donors (Lipinski definition) is 3. The van der Waals surface area contributed by atoms with Crippen molar-refractivity contribution in [1.82, 2.24) is 10.3 Å². The van der Waals surface area contributed by atoms with E-state index in [1.165, 1.54) is 0 Å². The molecule has 2 aromatic rings. The number of fused-ring (bicyclic) bond motifs is 1. The minimum absolute atomic E-state index is 0.0407. The number of carbonyl (C=O) groups is 1. The monoisotopic (exact) mass is 277 g/mol. The summed E-state index contributed by atoms with van der Waals surface area (Å²) in [5, 5.41) is 3.82. The predicted octanol–water partition coefficient (Wildman–Crippen LogP) is 2.62. The summed E-state index contributed by atoms with van der Waals surface area (Å²) in [6, 6.07) is 5.54. The highest BCUT2D eigenvalue weighted by molar-refractivity contribution is 7.98. The zero-order valence-corrected chi connectivity index (χ0v) is 11.8. The van der Waals surface area contributed by atoms with Crippen LogP contribution in [0.1, 0.15) is 23.2 Å². The molecule has 0 aliphatic heterocycles. The molecular weight excluding hydrogens is 258 g/mol. The second kappa shape index (κ2) is 6.52. The number of hydrogen-bond acceptors (Lipinski definition) is 3. The van der Waals surface area contributed by atoms with Crippen molar-refractivity contribution in [2.24, 2.45) is 0 Å². The molecular formula is C14H19N3OS. The van der Waals surface area contributed by atoms with Crippen LogP contribution in [0.3, 0.4) is 0 Å². The van der Waals surface area contributed by atoms with Crippen molar-refractivity contribution >= 4 is 34.3 Å². The van der Waals surface area contributed by atoms with Gasteiger partial charge in [-0.2, -0.15) is 11.8 Å². The number of rotatable bonds is 6. The van der Waals surface area contributed by atoms with Crippen LogP contribution in [-0.2, 0) is 0 Å². The van der Waals surface area contributed by atoms with E-state index < -0.39 is 0 Å². The summed E-state index contributed by atoms with van der Waals surface area (Å²) in [4.78, 5) is 15.2. The van der Waals surface area contributed by atoms with Gasteiger partial charge in [0.05, 0.1) is 5.56 Å². The number of benzene rings is 1. The van der Waals surface area contributed by atoms with E-state index in [0.717, 1.165) is 29.5 Å². The third-order valence-corrected chi connectivity index (χ3v) is 3.71. The summed E-state index contributed by atoms with van der Waals surface area (Å²) in [7, 11) is 0. The molecule has 0 fully saturated rings. The highest BCUT2D eigenvalue weighted by Crippen LogP contribution is 2.20. The summed E-state index contributed by atoms with van der Waals surface area (Å²) in [6.07, 6.45) is 5.97. The van der Waals surface area contributed by atoms with E-state index in [0.29, 0.717) is 17.8 Å². The molecule has 0 aliphatic carbocycles. The predicted molar refractivity (Wildman–Crippen MR) is 82.7 cm³/mol. The number of nitrogens with two attached hydrogens (primary N) is 1. The third kappa shape index (κ3) is 3.44. The zero-order chi connectivity index (χ0) is 13.7. The van der Waals surface area contributed by atoms with Crippen molar-refractivity contribution in [2.45, 2.75) is 12.8 Å². The van der Waals surface area contributed by atoms with Crippen molar-refractivity contribution in [3.8, 4) is 0 Å². The Hall–Kier alpha value is -1.62. The maximum Gasteiger partial charge on any atom is 0.253 e. The van der Waals surface area contributed by atoms with Crippen LogP contribution < -0.4 is 11.1 Å². The number of carbonyl (C=O) groups excluding carboxylic acids is 1. The van der Waals surface area contributed by atoms with Gasteiger partial charge in [-0.1, -0.05) is 0 Å². The molecule has 0 bridgehead atoms. The van der Waals surface area contributed by atoms with Gasteiger partial charge in [-0.25, -0.2) is 0 Å². The highest BCUT2D eigenvalue weighted by Gasteiger charge is 2.11. The first-order chi connectivity index (χ1) is 9.22. The first-order valence-corrected chi connectivity index (χ1v) is 7.75. The van der Waals surface area contributed by atoms with Gasteiger partial charge < -0.3 is 16.0 Å². The minimum atomic E-state index is -0.0407. The fourth-order valence-corrected chi connectivity index (χ4v) is 2.49. The number of nitrogens with one attached hydrogen (secondary N) is 2. The number of aromatic amines is 1. The van der Waals surface area contributed by atoms with Gasteiger partial charge in [0.15, 0.2) is 0 Å². The molecule has 4 N–H and O–H groups in total. The number of thioether (sulfide) groups is 1. The molecule has 0 saturated carbocycles. The van der Waals surface area contributed by atoms with Gasteiger partial charge in [0.2, 0.25) is 0 Å². The van der Waals surface area contributed by atoms with E-state index in [1.807, 2.05) is 30.0 Å². The Morgan fingerprint density at radius 1 is 1.42 bits per heavy atom.